The Labute approximate surface area is 234 Å². The lowest BCUT2D eigenvalue weighted by Crippen LogP contribution is -2.40. The van der Waals surface area contributed by atoms with E-state index in [0.717, 1.165) is 5.56 Å². The van der Waals surface area contributed by atoms with Crippen molar-refractivity contribution in [3.8, 4) is 0 Å². The van der Waals surface area contributed by atoms with Crippen molar-refractivity contribution < 1.29 is 23.7 Å². The highest BCUT2D eigenvalue weighted by atomic mass is 35.5. The van der Waals surface area contributed by atoms with Crippen molar-refractivity contribution in [3.05, 3.63) is 58.1 Å². The van der Waals surface area contributed by atoms with Gasteiger partial charge >= 0.3 is 0 Å². The highest BCUT2D eigenvalue weighted by Crippen LogP contribution is 2.48. The first-order valence-corrected chi connectivity index (χ1v) is 16.4. The second kappa shape index (κ2) is 9.81. The Morgan fingerprint density at radius 1 is 1.13 bits per heavy atom. The van der Waals surface area contributed by atoms with Crippen molar-refractivity contribution in [2.75, 3.05) is 0 Å². The van der Waals surface area contributed by atoms with Crippen molar-refractivity contribution in [3.63, 3.8) is 0 Å². The van der Waals surface area contributed by atoms with Gasteiger partial charge in [-0.3, -0.25) is 0 Å². The summed E-state index contributed by atoms with van der Waals surface area (Å²) in [5.74, 6) is -0.854. The molecule has 0 radical (unpaired) electrons. The van der Waals surface area contributed by atoms with Gasteiger partial charge in [0.1, 0.15) is 41.5 Å². The summed E-state index contributed by atoms with van der Waals surface area (Å²) in [5, 5.41) is 13.4. The average molecular weight is 581 g/mol. The number of aromatic nitrogens is 3. The van der Waals surface area contributed by atoms with Crippen LogP contribution in [0.4, 0.5) is 0 Å². The van der Waals surface area contributed by atoms with E-state index in [9.17, 15) is 5.11 Å². The zero-order valence-electron chi connectivity index (χ0n) is 22.7. The zero-order chi connectivity index (χ0) is 27.6. The third-order valence-corrected chi connectivity index (χ3v) is 12.9. The first kappa shape index (κ1) is 28.0. The van der Waals surface area contributed by atoms with Gasteiger partial charge in [-0.25, -0.2) is 9.97 Å². The van der Waals surface area contributed by atoms with Crippen LogP contribution < -0.4 is 0 Å². The topological polar surface area (TPSA) is 87.9 Å². The molecule has 2 aromatic heterocycles. The van der Waals surface area contributed by atoms with E-state index < -0.39 is 44.7 Å². The molecule has 0 saturated carbocycles. The van der Waals surface area contributed by atoms with Gasteiger partial charge in [-0.05, 0) is 61.3 Å². The molecule has 8 nitrogen and oxygen atoms in total. The summed E-state index contributed by atoms with van der Waals surface area (Å²) >= 11 is 12.7. The van der Waals surface area contributed by atoms with E-state index in [4.69, 9.17) is 41.8 Å². The number of halogens is 2. The number of aliphatic hydroxyl groups excluding tert-OH is 1. The third kappa shape index (κ3) is 5.04. The van der Waals surface area contributed by atoms with E-state index in [0.29, 0.717) is 33.4 Å². The monoisotopic (exact) mass is 579 g/mol. The van der Waals surface area contributed by atoms with E-state index in [-0.39, 0.29) is 5.04 Å². The normalized spacial score (nSPS) is 26.2. The lowest BCUT2D eigenvalue weighted by molar-refractivity contribution is -0.207. The van der Waals surface area contributed by atoms with Crippen molar-refractivity contribution in [2.45, 2.75) is 95.8 Å². The first-order chi connectivity index (χ1) is 17.7. The molecule has 5 atom stereocenters. The number of nitrogens with zero attached hydrogens (tertiary/aromatic N) is 3. The molecule has 1 unspecified atom stereocenters. The Bertz CT molecular complexity index is 1340. The Morgan fingerprint density at radius 3 is 2.55 bits per heavy atom. The number of ether oxygens (including phenoxy) is 3. The molecule has 2 aliphatic rings. The average Bonchev–Trinajstić information content (AvgIpc) is 3.48. The van der Waals surface area contributed by atoms with Crippen LogP contribution in [0.1, 0.15) is 58.1 Å². The zero-order valence-corrected chi connectivity index (χ0v) is 25.2. The predicted octanol–water partition coefficient (Wildman–Crippen LogP) is 6.41. The predicted molar refractivity (Wildman–Crippen MR) is 149 cm³/mol. The van der Waals surface area contributed by atoms with E-state index >= 15 is 0 Å². The summed E-state index contributed by atoms with van der Waals surface area (Å²) < 4.78 is 27.4. The summed E-state index contributed by atoms with van der Waals surface area (Å²) in [7, 11) is -2.03. The highest BCUT2D eigenvalue weighted by molar-refractivity contribution is 6.74. The minimum Gasteiger partial charge on any atom is -0.413 e. The molecule has 1 aromatic carbocycles. The number of hydrogen-bond donors (Lipinski definition) is 1. The van der Waals surface area contributed by atoms with Gasteiger partial charge < -0.3 is 28.3 Å². The van der Waals surface area contributed by atoms with Crippen LogP contribution in [0, 0.1) is 0 Å². The fourth-order valence-electron chi connectivity index (χ4n) is 4.86. The molecule has 0 aliphatic carbocycles. The maximum absolute atomic E-state index is 11.8. The fraction of sp³-hybridized carbons (Fsp3) is 0.556. The van der Waals surface area contributed by atoms with Crippen LogP contribution in [0.15, 0.2) is 36.8 Å². The van der Waals surface area contributed by atoms with E-state index in [1.54, 1.807) is 6.07 Å². The van der Waals surface area contributed by atoms with E-state index in [1.165, 1.54) is 6.33 Å². The van der Waals surface area contributed by atoms with E-state index in [2.05, 4.69) is 43.8 Å². The number of hydrogen-bond acceptors (Lipinski definition) is 7. The molecular weight excluding hydrogens is 545 g/mol. The number of aliphatic hydroxyl groups is 1. The van der Waals surface area contributed by atoms with Crippen LogP contribution in [-0.4, -0.2) is 52.1 Å². The second-order valence-electron chi connectivity index (χ2n) is 12.0. The largest absolute Gasteiger partial charge is 0.413 e. The Hall–Kier alpha value is -1.56. The molecule has 11 heteroatoms. The summed E-state index contributed by atoms with van der Waals surface area (Å²) in [6.07, 6.45) is -0.137. The minimum absolute atomic E-state index is 0.0554. The van der Waals surface area contributed by atoms with Gasteiger partial charge in [0.15, 0.2) is 20.3 Å². The standard InChI is InChI=1S/C27H35Cl2N3O5Si/c1-26(2,3)38(6,7)34-13-15-8-9-16(28)12-18(15)19(33)20-21-22(37-27(4,5)36-21)25(35-20)32-11-10-17-23(29)30-14-31-24(17)32/h8-12,14,19-22,25,33H,13H2,1-7H3/t19?,20-,21-,22-,25-/m1/s1. The van der Waals surface area contributed by atoms with Crippen LogP contribution >= 0.6 is 23.2 Å². The van der Waals surface area contributed by atoms with Gasteiger partial charge in [-0.1, -0.05) is 50.0 Å². The fourth-order valence-corrected chi connectivity index (χ4v) is 6.18. The summed E-state index contributed by atoms with van der Waals surface area (Å²) in [5.41, 5.74) is 2.12. The molecule has 3 aromatic rings. The molecule has 2 saturated heterocycles. The lowest BCUT2D eigenvalue weighted by atomic mass is 9.95. The SMILES string of the molecule is CC1(C)O[C@@H]2[C@H](O1)[C@@H](C(O)c1cc(Cl)ccc1CO[Si](C)(C)C(C)(C)C)O[C@H]2n1ccc2c(Cl)ncnc21. The molecule has 0 spiro atoms. The molecule has 4 heterocycles. The van der Waals surface area contributed by atoms with Gasteiger partial charge in [0.25, 0.3) is 0 Å². The first-order valence-electron chi connectivity index (χ1n) is 12.8. The molecule has 2 aliphatic heterocycles. The van der Waals surface area contributed by atoms with E-state index in [1.807, 2.05) is 42.8 Å². The van der Waals surface area contributed by atoms with Crippen LogP contribution in [0.5, 0.6) is 0 Å². The maximum Gasteiger partial charge on any atom is 0.192 e. The third-order valence-electron chi connectivity index (χ3n) is 7.93. The molecule has 38 heavy (non-hydrogen) atoms. The smallest absolute Gasteiger partial charge is 0.192 e. The lowest BCUT2D eigenvalue weighted by Gasteiger charge is -2.36. The van der Waals surface area contributed by atoms with Gasteiger partial charge in [0.2, 0.25) is 0 Å². The molecule has 0 amide bonds. The number of benzene rings is 1. The summed E-state index contributed by atoms with van der Waals surface area (Å²) in [4.78, 5) is 8.49. The second-order valence-corrected chi connectivity index (χ2v) is 17.6. The highest BCUT2D eigenvalue weighted by Gasteiger charge is 2.58. The van der Waals surface area contributed by atoms with Crippen molar-refractivity contribution in [2.24, 2.45) is 0 Å². The molecule has 206 valence electrons. The molecule has 1 N–H and O–H groups in total. The van der Waals surface area contributed by atoms with Gasteiger partial charge in [-0.15, -0.1) is 0 Å². The Balaban J connectivity index is 1.48. The molecule has 5 rings (SSSR count). The van der Waals surface area contributed by atoms with Crippen molar-refractivity contribution in [1.29, 1.82) is 0 Å². The summed E-state index contributed by atoms with van der Waals surface area (Å²) in [6, 6.07) is 7.35. The molecule has 0 bridgehead atoms. The van der Waals surface area contributed by atoms with Crippen LogP contribution in [0.3, 0.4) is 0 Å². The molecule has 2 fully saturated rings. The van der Waals surface area contributed by atoms with Gasteiger partial charge in [0, 0.05) is 11.2 Å². The minimum atomic E-state index is -2.03. The van der Waals surface area contributed by atoms with Gasteiger partial charge in [0.05, 0.1) is 12.0 Å². The van der Waals surface area contributed by atoms with Crippen LogP contribution in [0.2, 0.25) is 28.3 Å². The van der Waals surface area contributed by atoms with Crippen LogP contribution in [-0.2, 0) is 25.2 Å². The van der Waals surface area contributed by atoms with Crippen molar-refractivity contribution in [1.82, 2.24) is 14.5 Å². The Morgan fingerprint density at radius 2 is 1.84 bits per heavy atom. The Kier molecular flexibility index (Phi) is 7.23. The maximum atomic E-state index is 11.8. The molecular formula is C27H35Cl2N3O5Si. The van der Waals surface area contributed by atoms with Crippen molar-refractivity contribution >= 4 is 42.6 Å². The van der Waals surface area contributed by atoms with Crippen LogP contribution in [0.25, 0.3) is 11.0 Å². The number of rotatable bonds is 6. The van der Waals surface area contributed by atoms with Gasteiger partial charge in [-0.2, -0.15) is 0 Å². The summed E-state index contributed by atoms with van der Waals surface area (Å²) in [6.45, 7) is 15.1. The quantitative estimate of drug-likeness (QED) is 0.266. The number of fused-ring (bicyclic) bond motifs is 2.